The molecule has 0 saturated carbocycles. The van der Waals surface area contributed by atoms with E-state index in [0.29, 0.717) is 12.2 Å². The molecule has 0 aromatic carbocycles. The number of aromatic nitrogens is 2. The fourth-order valence-electron chi connectivity index (χ4n) is 1.44. The summed E-state index contributed by atoms with van der Waals surface area (Å²) < 4.78 is 1.35. The Morgan fingerprint density at radius 2 is 2.31 bits per heavy atom. The molecule has 0 aliphatic rings. The lowest BCUT2D eigenvalue weighted by Crippen LogP contribution is -2.31. The average molecular weight is 217 g/mol. The van der Waals surface area contributed by atoms with Gasteiger partial charge < -0.3 is 5.32 Å². The third-order valence-electron chi connectivity index (χ3n) is 2.20. The summed E-state index contributed by atoms with van der Waals surface area (Å²) in [5, 5.41) is 2.58. The Morgan fingerprint density at radius 3 is 3.06 bits per heavy atom. The predicted molar refractivity (Wildman–Crippen MR) is 59.5 cm³/mol. The maximum absolute atomic E-state index is 11.9. The van der Waals surface area contributed by atoms with Crippen molar-refractivity contribution in [3.05, 3.63) is 46.5 Å². The predicted octanol–water partition coefficient (Wildman–Crippen LogP) is 0.444. The van der Waals surface area contributed by atoms with E-state index in [0.717, 1.165) is 0 Å². The normalized spacial score (nSPS) is 10.3. The minimum Gasteiger partial charge on any atom is -0.352 e. The number of carbonyl (C=O) groups excluding carboxylic acids is 1. The van der Waals surface area contributed by atoms with Crippen molar-refractivity contribution in [2.45, 2.75) is 6.92 Å². The second kappa shape index (κ2) is 4.14. The van der Waals surface area contributed by atoms with Crippen molar-refractivity contribution in [1.29, 1.82) is 0 Å². The van der Waals surface area contributed by atoms with E-state index in [2.05, 4.69) is 10.3 Å². The Balaban J connectivity index is 2.61. The molecule has 2 heterocycles. The fraction of sp³-hybridized carbons (Fsp3) is 0.182. The molecule has 2 rings (SSSR count). The first-order valence-electron chi connectivity index (χ1n) is 4.98. The summed E-state index contributed by atoms with van der Waals surface area (Å²) in [5.41, 5.74) is 0.239. The molecule has 0 aliphatic carbocycles. The van der Waals surface area contributed by atoms with Gasteiger partial charge in [-0.05, 0) is 19.1 Å². The molecule has 0 bridgehead atoms. The van der Waals surface area contributed by atoms with Gasteiger partial charge >= 0.3 is 0 Å². The third-order valence-corrected chi connectivity index (χ3v) is 2.20. The van der Waals surface area contributed by atoms with Crippen molar-refractivity contribution >= 4 is 11.6 Å². The first-order chi connectivity index (χ1) is 7.74. The Morgan fingerprint density at radius 1 is 1.50 bits per heavy atom. The van der Waals surface area contributed by atoms with Crippen molar-refractivity contribution in [3.8, 4) is 0 Å². The van der Waals surface area contributed by atoms with Crippen LogP contribution < -0.4 is 10.9 Å². The molecular weight excluding hydrogens is 206 g/mol. The van der Waals surface area contributed by atoms with Gasteiger partial charge in [0.15, 0.2) is 0 Å². The molecule has 1 N–H and O–H groups in total. The molecule has 82 valence electrons. The van der Waals surface area contributed by atoms with Gasteiger partial charge in [-0.1, -0.05) is 6.07 Å². The Labute approximate surface area is 91.7 Å². The molecule has 0 atom stereocenters. The van der Waals surface area contributed by atoms with Gasteiger partial charge in [0.25, 0.3) is 11.5 Å². The molecule has 0 unspecified atom stereocenters. The highest BCUT2D eigenvalue weighted by atomic mass is 16.2. The summed E-state index contributed by atoms with van der Waals surface area (Å²) in [6.45, 7) is 2.28. The summed E-state index contributed by atoms with van der Waals surface area (Å²) in [6.07, 6.45) is 2.90. The van der Waals surface area contributed by atoms with E-state index in [9.17, 15) is 9.59 Å². The van der Waals surface area contributed by atoms with Crippen LogP contribution in [0.1, 0.15) is 17.3 Å². The maximum atomic E-state index is 11.9. The second-order valence-electron chi connectivity index (χ2n) is 3.27. The van der Waals surface area contributed by atoms with Crippen LogP contribution in [0.2, 0.25) is 0 Å². The molecule has 0 spiro atoms. The van der Waals surface area contributed by atoms with Crippen LogP contribution in [0.3, 0.4) is 0 Å². The lowest BCUT2D eigenvalue weighted by Gasteiger charge is -2.03. The van der Waals surface area contributed by atoms with Crippen LogP contribution in [0.25, 0.3) is 5.65 Å². The summed E-state index contributed by atoms with van der Waals surface area (Å²) >= 11 is 0. The zero-order chi connectivity index (χ0) is 11.5. The summed E-state index contributed by atoms with van der Waals surface area (Å²) in [4.78, 5) is 27.5. The van der Waals surface area contributed by atoms with Gasteiger partial charge in [0.05, 0.1) is 0 Å². The third kappa shape index (κ3) is 1.67. The molecule has 2 aromatic rings. The molecule has 16 heavy (non-hydrogen) atoms. The zero-order valence-electron chi connectivity index (χ0n) is 8.80. The monoisotopic (exact) mass is 217 g/mol. The minimum atomic E-state index is -0.391. The van der Waals surface area contributed by atoms with Crippen LogP contribution in [0, 0.1) is 0 Å². The number of carbonyl (C=O) groups is 1. The Hall–Kier alpha value is -2.17. The summed E-state index contributed by atoms with van der Waals surface area (Å²) in [5.74, 6) is -0.391. The second-order valence-corrected chi connectivity index (χ2v) is 3.27. The van der Waals surface area contributed by atoms with Gasteiger partial charge in [-0.3, -0.25) is 14.0 Å². The molecule has 2 aromatic heterocycles. The zero-order valence-corrected chi connectivity index (χ0v) is 8.80. The minimum absolute atomic E-state index is 0.0607. The van der Waals surface area contributed by atoms with E-state index >= 15 is 0 Å². The number of amides is 1. The number of rotatable bonds is 2. The Bertz CT molecular complexity index is 589. The number of pyridine rings is 1. The van der Waals surface area contributed by atoms with Crippen molar-refractivity contribution < 1.29 is 4.79 Å². The molecule has 1 amide bonds. The van der Waals surface area contributed by atoms with Crippen LogP contribution in [0.5, 0.6) is 0 Å². The van der Waals surface area contributed by atoms with Gasteiger partial charge in [0, 0.05) is 18.9 Å². The van der Waals surface area contributed by atoms with Crippen LogP contribution in [0.4, 0.5) is 0 Å². The number of nitrogens with zero attached hydrogens (tertiary/aromatic N) is 2. The van der Waals surface area contributed by atoms with Crippen molar-refractivity contribution in [1.82, 2.24) is 14.7 Å². The van der Waals surface area contributed by atoms with Crippen LogP contribution in [0.15, 0.2) is 35.4 Å². The van der Waals surface area contributed by atoms with Gasteiger partial charge in [-0.25, -0.2) is 4.98 Å². The topological polar surface area (TPSA) is 63.5 Å². The van der Waals surface area contributed by atoms with Gasteiger partial charge in [-0.2, -0.15) is 0 Å². The molecule has 5 nitrogen and oxygen atoms in total. The average Bonchev–Trinajstić information content (AvgIpc) is 2.30. The highest BCUT2D eigenvalue weighted by molar-refractivity contribution is 5.93. The van der Waals surface area contributed by atoms with E-state index in [4.69, 9.17) is 0 Å². The van der Waals surface area contributed by atoms with Crippen LogP contribution in [-0.2, 0) is 0 Å². The number of fused-ring (bicyclic) bond motifs is 1. The van der Waals surface area contributed by atoms with E-state index in [1.54, 1.807) is 31.3 Å². The number of hydrogen-bond acceptors (Lipinski definition) is 3. The van der Waals surface area contributed by atoms with E-state index < -0.39 is 5.91 Å². The smallest absolute Gasteiger partial charge is 0.270 e. The Kier molecular flexibility index (Phi) is 2.68. The van der Waals surface area contributed by atoms with E-state index in [1.807, 2.05) is 0 Å². The van der Waals surface area contributed by atoms with E-state index in [-0.39, 0.29) is 11.1 Å². The van der Waals surface area contributed by atoms with Crippen molar-refractivity contribution in [2.75, 3.05) is 6.54 Å². The first-order valence-corrected chi connectivity index (χ1v) is 4.98. The van der Waals surface area contributed by atoms with Crippen LogP contribution in [-0.4, -0.2) is 21.8 Å². The number of nitrogens with one attached hydrogen (secondary N) is 1. The molecule has 0 fully saturated rings. The van der Waals surface area contributed by atoms with Crippen molar-refractivity contribution in [2.24, 2.45) is 0 Å². The molecule has 0 radical (unpaired) electrons. The standard InChI is InChI=1S/C11H11N3O2/c1-2-12-10(15)8-7-13-9-5-3-4-6-14(9)11(8)16/h3-7H,2H2,1H3,(H,12,15). The quantitative estimate of drug-likeness (QED) is 0.794. The molecule has 5 heteroatoms. The largest absolute Gasteiger partial charge is 0.352 e. The fourth-order valence-corrected chi connectivity index (χ4v) is 1.44. The molecule has 0 saturated heterocycles. The molecule has 0 aliphatic heterocycles. The van der Waals surface area contributed by atoms with Crippen molar-refractivity contribution in [3.63, 3.8) is 0 Å². The summed E-state index contributed by atoms with van der Waals surface area (Å²) in [7, 11) is 0. The summed E-state index contributed by atoms with van der Waals surface area (Å²) in [6, 6.07) is 5.22. The maximum Gasteiger partial charge on any atom is 0.270 e. The highest BCUT2D eigenvalue weighted by Crippen LogP contribution is 1.97. The first kappa shape index (κ1) is 10.4. The molecular formula is C11H11N3O2. The lowest BCUT2D eigenvalue weighted by atomic mass is 10.3. The van der Waals surface area contributed by atoms with E-state index in [1.165, 1.54) is 10.6 Å². The van der Waals surface area contributed by atoms with Gasteiger partial charge in [0.1, 0.15) is 11.2 Å². The SMILES string of the molecule is CCNC(=O)c1cnc2ccccn2c1=O. The highest BCUT2D eigenvalue weighted by Gasteiger charge is 2.11. The van der Waals surface area contributed by atoms with Gasteiger partial charge in [0.2, 0.25) is 0 Å². The number of hydrogen-bond donors (Lipinski definition) is 1. The van der Waals surface area contributed by atoms with Crippen LogP contribution >= 0.6 is 0 Å². The van der Waals surface area contributed by atoms with Gasteiger partial charge in [-0.15, -0.1) is 0 Å². The lowest BCUT2D eigenvalue weighted by molar-refractivity contribution is 0.0954.